The van der Waals surface area contributed by atoms with Gasteiger partial charge >= 0.3 is 5.97 Å². The van der Waals surface area contributed by atoms with E-state index in [1.807, 2.05) is 0 Å². The van der Waals surface area contributed by atoms with Crippen LogP contribution in [0, 0.1) is 23.2 Å². The van der Waals surface area contributed by atoms with E-state index >= 15 is 0 Å². The molecule has 0 bridgehead atoms. The summed E-state index contributed by atoms with van der Waals surface area (Å²) >= 11 is 0. The normalized spacial score (nSPS) is 31.1. The van der Waals surface area contributed by atoms with E-state index in [1.54, 1.807) is 25.0 Å². The molecule has 1 aromatic carbocycles. The highest BCUT2D eigenvalue weighted by molar-refractivity contribution is 5.76. The van der Waals surface area contributed by atoms with Crippen molar-refractivity contribution in [1.29, 1.82) is 0 Å². The number of hydrogen-bond donors (Lipinski definition) is 1. The van der Waals surface area contributed by atoms with Crippen LogP contribution in [0.4, 0.5) is 0 Å². The van der Waals surface area contributed by atoms with Crippen molar-refractivity contribution in [3.05, 3.63) is 35.4 Å². The first-order valence-corrected chi connectivity index (χ1v) is 15.8. The minimum atomic E-state index is -0.791. The summed E-state index contributed by atoms with van der Waals surface area (Å²) in [6.07, 6.45) is 21.0. The topological polar surface area (TPSA) is 46.5 Å². The van der Waals surface area contributed by atoms with E-state index in [2.05, 4.69) is 31.2 Å². The molecule has 3 nitrogen and oxygen atoms in total. The molecule has 0 unspecified atom stereocenters. The van der Waals surface area contributed by atoms with E-state index in [9.17, 15) is 9.90 Å². The molecule has 0 aliphatic heterocycles. The van der Waals surface area contributed by atoms with Crippen molar-refractivity contribution >= 4 is 5.97 Å². The van der Waals surface area contributed by atoms with Gasteiger partial charge < -0.3 is 9.84 Å². The number of esters is 1. The molecular formula is C34H54O3. The first kappa shape index (κ1) is 28.7. The third-order valence-corrected chi connectivity index (χ3v) is 10.3. The zero-order valence-corrected chi connectivity index (χ0v) is 24.1. The standard InChI is InChI=1S/C34H54O3/c1-4-5-6-7-25-8-10-26(11-9-25)27-12-14-28(15-13-27)29-16-18-30(19-17-29)31-20-22-32(23-21-31)37-33(36)34(2,3)24-35/h12-15,25-26,29-32,35H,4-11,16-24H2,1-3H3. The van der Waals surface area contributed by atoms with Crippen LogP contribution in [0.25, 0.3) is 0 Å². The van der Waals surface area contributed by atoms with Crippen molar-refractivity contribution in [2.75, 3.05) is 6.61 Å². The maximum absolute atomic E-state index is 12.3. The van der Waals surface area contributed by atoms with Crippen molar-refractivity contribution in [1.82, 2.24) is 0 Å². The molecular weight excluding hydrogens is 456 g/mol. The third-order valence-electron chi connectivity index (χ3n) is 10.3. The summed E-state index contributed by atoms with van der Waals surface area (Å²) in [6.45, 7) is 5.66. The number of aliphatic hydroxyl groups is 1. The van der Waals surface area contributed by atoms with Crippen molar-refractivity contribution in [3.63, 3.8) is 0 Å². The van der Waals surface area contributed by atoms with Crippen LogP contribution in [0.1, 0.15) is 146 Å². The Hall–Kier alpha value is -1.35. The number of benzene rings is 1. The summed E-state index contributed by atoms with van der Waals surface area (Å²) in [4.78, 5) is 12.3. The van der Waals surface area contributed by atoms with Crippen molar-refractivity contribution in [2.45, 2.75) is 141 Å². The van der Waals surface area contributed by atoms with Gasteiger partial charge in [-0.1, -0.05) is 56.9 Å². The molecule has 3 heteroatoms. The van der Waals surface area contributed by atoms with Gasteiger partial charge in [-0.2, -0.15) is 0 Å². The Morgan fingerprint density at radius 2 is 1.27 bits per heavy atom. The first-order chi connectivity index (χ1) is 17.9. The minimum absolute atomic E-state index is 0.0422. The number of ether oxygens (including phenoxy) is 1. The molecule has 37 heavy (non-hydrogen) atoms. The molecule has 1 N–H and O–H groups in total. The maximum Gasteiger partial charge on any atom is 0.314 e. The summed E-state index contributed by atoms with van der Waals surface area (Å²) in [5.41, 5.74) is 2.36. The molecule has 0 radical (unpaired) electrons. The Bertz CT molecular complexity index is 804. The van der Waals surface area contributed by atoms with Gasteiger partial charge in [0.05, 0.1) is 12.0 Å². The van der Waals surface area contributed by atoms with Gasteiger partial charge in [-0.25, -0.2) is 0 Å². The van der Waals surface area contributed by atoms with Gasteiger partial charge in [0.1, 0.15) is 6.10 Å². The molecule has 0 atom stereocenters. The lowest BCUT2D eigenvalue weighted by molar-refractivity contribution is -0.164. The van der Waals surface area contributed by atoms with Crippen LogP contribution >= 0.6 is 0 Å². The van der Waals surface area contributed by atoms with Crippen molar-refractivity contribution in [2.24, 2.45) is 23.2 Å². The number of hydrogen-bond acceptors (Lipinski definition) is 3. The van der Waals surface area contributed by atoms with E-state index in [-0.39, 0.29) is 18.7 Å². The van der Waals surface area contributed by atoms with Crippen LogP contribution in [-0.2, 0) is 9.53 Å². The number of unbranched alkanes of at least 4 members (excludes halogenated alkanes) is 2. The Labute approximate surface area is 227 Å². The predicted molar refractivity (Wildman–Crippen MR) is 153 cm³/mol. The molecule has 1 aromatic rings. The van der Waals surface area contributed by atoms with Crippen LogP contribution in [0.15, 0.2) is 24.3 Å². The Morgan fingerprint density at radius 3 is 1.76 bits per heavy atom. The summed E-state index contributed by atoms with van der Waals surface area (Å²) in [7, 11) is 0. The quantitative estimate of drug-likeness (QED) is 0.252. The second-order valence-electron chi connectivity index (χ2n) is 13.5. The fourth-order valence-corrected chi connectivity index (χ4v) is 7.49. The average Bonchev–Trinajstić information content (AvgIpc) is 2.94. The third kappa shape index (κ3) is 7.84. The Kier molecular flexibility index (Phi) is 10.6. The number of rotatable bonds is 10. The zero-order valence-electron chi connectivity index (χ0n) is 24.1. The van der Waals surface area contributed by atoms with E-state index in [1.165, 1.54) is 89.9 Å². The first-order valence-electron chi connectivity index (χ1n) is 15.8. The second kappa shape index (κ2) is 13.6. The van der Waals surface area contributed by atoms with Gasteiger partial charge in [0.15, 0.2) is 0 Å². The van der Waals surface area contributed by atoms with Gasteiger partial charge in [-0.3, -0.25) is 4.79 Å². The highest BCUT2D eigenvalue weighted by Gasteiger charge is 2.35. The molecule has 0 spiro atoms. The lowest BCUT2D eigenvalue weighted by Crippen LogP contribution is -2.35. The molecule has 3 aliphatic carbocycles. The molecule has 208 valence electrons. The summed E-state index contributed by atoms with van der Waals surface area (Å²) in [5.74, 6) is 3.89. The van der Waals surface area contributed by atoms with Crippen LogP contribution in [0.3, 0.4) is 0 Å². The number of aliphatic hydroxyl groups excluding tert-OH is 1. The Balaban J connectivity index is 1.17. The minimum Gasteiger partial charge on any atom is -0.462 e. The lowest BCUT2D eigenvalue weighted by Gasteiger charge is -2.38. The smallest absolute Gasteiger partial charge is 0.314 e. The fourth-order valence-electron chi connectivity index (χ4n) is 7.49. The molecule has 4 rings (SSSR count). The lowest BCUT2D eigenvalue weighted by atomic mass is 9.69. The van der Waals surface area contributed by atoms with Gasteiger partial charge in [0.2, 0.25) is 0 Å². The average molecular weight is 511 g/mol. The predicted octanol–water partition coefficient (Wildman–Crippen LogP) is 8.94. The SMILES string of the molecule is CCCCCC1CCC(c2ccc(C3CCC(C4CCC(OC(=O)C(C)(C)CO)CC4)CC3)cc2)CC1. The maximum atomic E-state index is 12.3. The summed E-state index contributed by atoms with van der Waals surface area (Å²) in [6, 6.07) is 9.84. The van der Waals surface area contributed by atoms with Crippen molar-refractivity contribution in [3.8, 4) is 0 Å². The fraction of sp³-hybridized carbons (Fsp3) is 0.794. The van der Waals surface area contributed by atoms with E-state index in [4.69, 9.17) is 4.74 Å². The van der Waals surface area contributed by atoms with Crippen LogP contribution < -0.4 is 0 Å². The highest BCUT2D eigenvalue weighted by atomic mass is 16.5. The second-order valence-corrected chi connectivity index (χ2v) is 13.5. The van der Waals surface area contributed by atoms with Crippen molar-refractivity contribution < 1.29 is 14.6 Å². The largest absolute Gasteiger partial charge is 0.462 e. The summed E-state index contributed by atoms with van der Waals surface area (Å²) in [5, 5.41) is 9.42. The van der Waals surface area contributed by atoms with Crippen LogP contribution in [-0.4, -0.2) is 23.8 Å². The van der Waals surface area contributed by atoms with E-state index < -0.39 is 5.41 Å². The van der Waals surface area contributed by atoms with Gasteiger partial charge in [-0.15, -0.1) is 0 Å². The molecule has 3 fully saturated rings. The monoisotopic (exact) mass is 510 g/mol. The van der Waals surface area contributed by atoms with Gasteiger partial charge in [-0.05, 0) is 132 Å². The molecule has 0 aromatic heterocycles. The molecule has 0 saturated heterocycles. The van der Waals surface area contributed by atoms with Crippen LogP contribution in [0.5, 0.6) is 0 Å². The number of carbonyl (C=O) groups excluding carboxylic acids is 1. The summed E-state index contributed by atoms with van der Waals surface area (Å²) < 4.78 is 5.74. The zero-order chi connectivity index (χ0) is 26.3. The van der Waals surface area contributed by atoms with Gasteiger partial charge in [0.25, 0.3) is 0 Å². The highest BCUT2D eigenvalue weighted by Crippen LogP contribution is 2.44. The molecule has 0 heterocycles. The van der Waals surface area contributed by atoms with Gasteiger partial charge in [0, 0.05) is 0 Å². The van der Waals surface area contributed by atoms with E-state index in [0.717, 1.165) is 42.4 Å². The van der Waals surface area contributed by atoms with Crippen LogP contribution in [0.2, 0.25) is 0 Å². The molecule has 3 saturated carbocycles. The molecule has 3 aliphatic rings. The van der Waals surface area contributed by atoms with E-state index in [0.29, 0.717) is 0 Å². The Morgan fingerprint density at radius 1 is 0.784 bits per heavy atom. The molecule has 0 amide bonds. The number of carbonyl (C=O) groups is 1.